The Kier molecular flexibility index (Phi) is 3.34. The van der Waals surface area contributed by atoms with Crippen molar-refractivity contribution >= 4 is 28.1 Å². The highest BCUT2D eigenvalue weighted by Crippen LogP contribution is 2.19. The van der Waals surface area contributed by atoms with Crippen LogP contribution in [-0.2, 0) is 10.2 Å². The lowest BCUT2D eigenvalue weighted by molar-refractivity contribution is 0.214. The maximum atomic E-state index is 12.2. The SMILES string of the molecule is O=C(Nc1ccncc1)N1CCC2=C(C=NS(=O)(=O)N2)C1. The van der Waals surface area contributed by atoms with Crippen molar-refractivity contribution in [3.05, 3.63) is 35.8 Å². The van der Waals surface area contributed by atoms with Gasteiger partial charge in [-0.15, -0.1) is 0 Å². The summed E-state index contributed by atoms with van der Waals surface area (Å²) in [6, 6.07) is 3.15. The summed E-state index contributed by atoms with van der Waals surface area (Å²) >= 11 is 0. The quantitative estimate of drug-likeness (QED) is 0.788. The van der Waals surface area contributed by atoms with E-state index in [9.17, 15) is 13.2 Å². The van der Waals surface area contributed by atoms with Gasteiger partial charge in [0.1, 0.15) is 0 Å². The Bertz CT molecular complexity index is 727. The molecule has 0 atom stereocenters. The molecule has 0 aromatic carbocycles. The number of hydrogen-bond donors (Lipinski definition) is 2. The van der Waals surface area contributed by atoms with E-state index in [-0.39, 0.29) is 6.03 Å². The Morgan fingerprint density at radius 2 is 2.10 bits per heavy atom. The van der Waals surface area contributed by atoms with Crippen LogP contribution in [0.15, 0.2) is 40.2 Å². The second-order valence-electron chi connectivity index (χ2n) is 4.65. The molecule has 9 heteroatoms. The van der Waals surface area contributed by atoms with Crippen molar-refractivity contribution in [3.63, 3.8) is 0 Å². The molecule has 2 aliphatic heterocycles. The number of carbonyl (C=O) groups excluding carboxylic acids is 1. The van der Waals surface area contributed by atoms with Gasteiger partial charge in [-0.2, -0.15) is 12.8 Å². The summed E-state index contributed by atoms with van der Waals surface area (Å²) in [7, 11) is -3.60. The van der Waals surface area contributed by atoms with Gasteiger partial charge in [0.15, 0.2) is 0 Å². The summed E-state index contributed by atoms with van der Waals surface area (Å²) in [5.41, 5.74) is 1.98. The zero-order valence-corrected chi connectivity index (χ0v) is 11.8. The van der Waals surface area contributed by atoms with E-state index in [1.165, 1.54) is 6.21 Å². The Labute approximate surface area is 121 Å². The maximum Gasteiger partial charge on any atom is 0.341 e. The zero-order valence-electron chi connectivity index (χ0n) is 11.0. The van der Waals surface area contributed by atoms with Crippen molar-refractivity contribution in [2.24, 2.45) is 4.40 Å². The minimum atomic E-state index is -3.60. The van der Waals surface area contributed by atoms with Crippen molar-refractivity contribution in [2.75, 3.05) is 18.4 Å². The molecule has 0 bridgehead atoms. The molecule has 8 nitrogen and oxygen atoms in total. The second-order valence-corrected chi connectivity index (χ2v) is 6.02. The van der Waals surface area contributed by atoms with Gasteiger partial charge in [-0.25, -0.2) is 4.79 Å². The fourth-order valence-electron chi connectivity index (χ4n) is 2.15. The molecule has 0 saturated heterocycles. The molecule has 0 aliphatic carbocycles. The van der Waals surface area contributed by atoms with Crippen LogP contribution in [0.5, 0.6) is 0 Å². The molecule has 21 heavy (non-hydrogen) atoms. The molecular weight excluding hydrogens is 294 g/mol. The standard InChI is InChI=1S/C12H13N5O3S/c18-12(15-10-1-4-13-5-2-10)17-6-3-11-9(8-17)7-14-21(19,20)16-11/h1-2,4-5,7,16H,3,6,8H2,(H,13,15,18). The maximum absolute atomic E-state index is 12.2. The molecule has 0 unspecified atom stereocenters. The van der Waals surface area contributed by atoms with Crippen molar-refractivity contribution in [1.82, 2.24) is 14.6 Å². The molecule has 2 amide bonds. The summed E-state index contributed by atoms with van der Waals surface area (Å²) in [5, 5.41) is 2.76. The lowest BCUT2D eigenvalue weighted by Gasteiger charge is -2.30. The number of anilines is 1. The lowest BCUT2D eigenvalue weighted by Crippen LogP contribution is -2.43. The molecule has 0 spiro atoms. The highest BCUT2D eigenvalue weighted by molar-refractivity contribution is 7.88. The number of hydrogen-bond acceptors (Lipinski definition) is 4. The molecule has 2 aliphatic rings. The number of aromatic nitrogens is 1. The van der Waals surface area contributed by atoms with E-state index in [1.54, 1.807) is 29.4 Å². The van der Waals surface area contributed by atoms with Crippen molar-refractivity contribution in [2.45, 2.75) is 6.42 Å². The lowest BCUT2D eigenvalue weighted by atomic mass is 10.1. The summed E-state index contributed by atoms with van der Waals surface area (Å²) < 4.78 is 28.5. The number of carbonyl (C=O) groups is 1. The van der Waals surface area contributed by atoms with Gasteiger partial charge >= 0.3 is 16.2 Å². The van der Waals surface area contributed by atoms with E-state index in [2.05, 4.69) is 19.4 Å². The van der Waals surface area contributed by atoms with E-state index in [0.717, 1.165) is 0 Å². The van der Waals surface area contributed by atoms with E-state index < -0.39 is 10.2 Å². The van der Waals surface area contributed by atoms with E-state index in [4.69, 9.17) is 0 Å². The normalized spacial score (nSPS) is 19.7. The molecule has 0 saturated carbocycles. The van der Waals surface area contributed by atoms with Gasteiger partial charge in [-0.3, -0.25) is 9.71 Å². The number of amides is 2. The Morgan fingerprint density at radius 1 is 1.33 bits per heavy atom. The van der Waals surface area contributed by atoms with Gasteiger partial charge in [0.05, 0.1) is 6.54 Å². The number of rotatable bonds is 1. The molecule has 3 rings (SSSR count). The third-order valence-electron chi connectivity index (χ3n) is 3.20. The van der Waals surface area contributed by atoms with Crippen LogP contribution in [0.3, 0.4) is 0 Å². The van der Waals surface area contributed by atoms with Crippen LogP contribution in [0.2, 0.25) is 0 Å². The van der Waals surface area contributed by atoms with Gasteiger partial charge < -0.3 is 10.2 Å². The highest BCUT2D eigenvalue weighted by atomic mass is 32.2. The van der Waals surface area contributed by atoms with Gasteiger partial charge in [0, 0.05) is 48.5 Å². The Balaban J connectivity index is 1.69. The van der Waals surface area contributed by atoms with Crippen LogP contribution in [0.25, 0.3) is 0 Å². The van der Waals surface area contributed by atoms with Crippen molar-refractivity contribution in [3.8, 4) is 0 Å². The largest absolute Gasteiger partial charge is 0.341 e. The molecule has 0 radical (unpaired) electrons. The third-order valence-corrected chi connectivity index (χ3v) is 4.09. The van der Waals surface area contributed by atoms with E-state index in [0.29, 0.717) is 36.5 Å². The molecule has 2 N–H and O–H groups in total. The molecular formula is C12H13N5O3S. The summed E-state index contributed by atoms with van der Waals surface area (Å²) in [6.07, 6.45) is 4.93. The topological polar surface area (TPSA) is 104 Å². The molecule has 3 heterocycles. The van der Waals surface area contributed by atoms with Crippen LogP contribution < -0.4 is 10.0 Å². The van der Waals surface area contributed by atoms with E-state index in [1.807, 2.05) is 0 Å². The van der Waals surface area contributed by atoms with Crippen LogP contribution in [0.1, 0.15) is 6.42 Å². The fourth-order valence-corrected chi connectivity index (χ4v) is 3.01. The molecule has 1 aromatic rings. The van der Waals surface area contributed by atoms with Crippen LogP contribution in [0, 0.1) is 0 Å². The summed E-state index contributed by atoms with van der Waals surface area (Å²) in [4.78, 5) is 17.6. The van der Waals surface area contributed by atoms with Crippen LogP contribution in [-0.4, -0.2) is 43.6 Å². The first-order valence-corrected chi connectivity index (χ1v) is 7.73. The molecule has 110 valence electrons. The first-order chi connectivity index (χ1) is 10.0. The molecule has 1 aromatic heterocycles. The Morgan fingerprint density at radius 3 is 2.86 bits per heavy atom. The van der Waals surface area contributed by atoms with Gasteiger partial charge in [-0.1, -0.05) is 0 Å². The minimum Gasteiger partial charge on any atom is -0.320 e. The van der Waals surface area contributed by atoms with E-state index >= 15 is 0 Å². The van der Waals surface area contributed by atoms with Crippen molar-refractivity contribution < 1.29 is 13.2 Å². The summed E-state index contributed by atoms with van der Waals surface area (Å²) in [6.45, 7) is 0.754. The highest BCUT2D eigenvalue weighted by Gasteiger charge is 2.26. The third kappa shape index (κ3) is 3.02. The first-order valence-electron chi connectivity index (χ1n) is 6.29. The second kappa shape index (κ2) is 5.17. The average molecular weight is 307 g/mol. The molecule has 0 fully saturated rings. The van der Waals surface area contributed by atoms with Gasteiger partial charge in [-0.05, 0) is 12.1 Å². The zero-order chi connectivity index (χ0) is 14.9. The monoisotopic (exact) mass is 307 g/mol. The van der Waals surface area contributed by atoms with Crippen LogP contribution >= 0.6 is 0 Å². The first kappa shape index (κ1) is 13.6. The minimum absolute atomic E-state index is 0.241. The summed E-state index contributed by atoms with van der Waals surface area (Å²) in [5.74, 6) is 0. The number of nitrogens with zero attached hydrogens (tertiary/aromatic N) is 3. The predicted molar refractivity (Wildman–Crippen MR) is 77.0 cm³/mol. The fraction of sp³-hybridized carbons (Fsp3) is 0.250. The van der Waals surface area contributed by atoms with Gasteiger partial charge in [0.2, 0.25) is 0 Å². The number of urea groups is 1. The van der Waals surface area contributed by atoms with Gasteiger partial charge in [0.25, 0.3) is 0 Å². The number of pyridine rings is 1. The predicted octanol–water partition coefficient (Wildman–Crippen LogP) is 0.492. The average Bonchev–Trinajstić information content (AvgIpc) is 2.47. The van der Waals surface area contributed by atoms with Crippen LogP contribution in [0.4, 0.5) is 10.5 Å². The number of nitrogens with one attached hydrogen (secondary N) is 2. The smallest absolute Gasteiger partial charge is 0.320 e. The Hall–Kier alpha value is -2.42. The van der Waals surface area contributed by atoms with Crippen molar-refractivity contribution in [1.29, 1.82) is 0 Å².